The molecule has 8 nitrogen and oxygen atoms in total. The lowest BCUT2D eigenvalue weighted by Gasteiger charge is -2.34. The van der Waals surface area contributed by atoms with Crippen LogP contribution in [0.15, 0.2) is 48.5 Å². The number of aliphatic hydroxyl groups is 2. The van der Waals surface area contributed by atoms with Crippen molar-refractivity contribution in [2.75, 3.05) is 37.3 Å². The smallest absolute Gasteiger partial charge is 0.254 e. The average molecular weight is 473 g/mol. The molecule has 2 aromatic rings. The Bertz CT molecular complexity index is 982. The minimum absolute atomic E-state index is 0.169. The van der Waals surface area contributed by atoms with Crippen molar-refractivity contribution in [1.82, 2.24) is 10.2 Å². The number of anilines is 2. The SMILES string of the molecule is C[C@H](c1ccccc1)N(C)C(=O)[C@H](O)[C@@H](O)C(=O)NCC1CCN(c2ccc(F)cc2N)CC1. The summed E-state index contributed by atoms with van der Waals surface area (Å²) in [6.45, 7) is 3.52. The quantitative estimate of drug-likeness (QED) is 0.434. The Balaban J connectivity index is 1.46. The van der Waals surface area contributed by atoms with Gasteiger partial charge in [-0.05, 0) is 49.4 Å². The second kappa shape index (κ2) is 11.3. The van der Waals surface area contributed by atoms with Gasteiger partial charge in [-0.15, -0.1) is 0 Å². The molecule has 184 valence electrons. The number of aliphatic hydroxyl groups excluding tert-OH is 2. The summed E-state index contributed by atoms with van der Waals surface area (Å²) in [5, 5.41) is 23.2. The number of hydrogen-bond donors (Lipinski definition) is 4. The maximum atomic E-state index is 13.3. The summed E-state index contributed by atoms with van der Waals surface area (Å²) in [7, 11) is 1.52. The largest absolute Gasteiger partial charge is 0.397 e. The van der Waals surface area contributed by atoms with Crippen molar-refractivity contribution in [3.63, 3.8) is 0 Å². The van der Waals surface area contributed by atoms with Crippen LogP contribution in [0.5, 0.6) is 0 Å². The lowest BCUT2D eigenvalue weighted by atomic mass is 9.96. The first-order valence-electron chi connectivity index (χ1n) is 11.4. The number of benzene rings is 2. The Hall–Kier alpha value is -3.17. The lowest BCUT2D eigenvalue weighted by Crippen LogP contribution is -2.51. The van der Waals surface area contributed by atoms with Gasteiger partial charge in [0, 0.05) is 26.7 Å². The van der Waals surface area contributed by atoms with Gasteiger partial charge in [0.05, 0.1) is 17.4 Å². The third kappa shape index (κ3) is 6.03. The van der Waals surface area contributed by atoms with Crippen LogP contribution in [-0.2, 0) is 9.59 Å². The zero-order valence-corrected chi connectivity index (χ0v) is 19.5. The molecule has 0 aromatic heterocycles. The molecule has 2 amide bonds. The number of nitrogen functional groups attached to an aromatic ring is 1. The van der Waals surface area contributed by atoms with Gasteiger partial charge in [-0.2, -0.15) is 0 Å². The number of nitrogens with two attached hydrogens (primary N) is 1. The fourth-order valence-corrected chi connectivity index (χ4v) is 4.17. The first kappa shape index (κ1) is 25.5. The van der Waals surface area contributed by atoms with E-state index >= 15 is 0 Å². The zero-order chi connectivity index (χ0) is 24.8. The van der Waals surface area contributed by atoms with Gasteiger partial charge in [0.15, 0.2) is 12.2 Å². The number of piperidine rings is 1. The minimum atomic E-state index is -1.86. The average Bonchev–Trinajstić information content (AvgIpc) is 2.86. The number of rotatable bonds is 8. The maximum Gasteiger partial charge on any atom is 0.254 e. The van der Waals surface area contributed by atoms with Crippen molar-refractivity contribution in [3.8, 4) is 0 Å². The van der Waals surface area contributed by atoms with Crippen LogP contribution in [0.3, 0.4) is 0 Å². The molecule has 3 rings (SSSR count). The van der Waals surface area contributed by atoms with Gasteiger partial charge in [0.2, 0.25) is 0 Å². The summed E-state index contributed by atoms with van der Waals surface area (Å²) in [5.74, 6) is -1.72. The topological polar surface area (TPSA) is 119 Å². The second-order valence-corrected chi connectivity index (χ2v) is 8.80. The molecule has 0 unspecified atom stereocenters. The molecule has 0 saturated carbocycles. The molecule has 0 bridgehead atoms. The molecule has 0 spiro atoms. The van der Waals surface area contributed by atoms with E-state index in [-0.39, 0.29) is 17.8 Å². The molecule has 5 N–H and O–H groups in total. The molecule has 2 aromatic carbocycles. The normalized spacial score (nSPS) is 17.0. The third-order valence-electron chi connectivity index (χ3n) is 6.54. The van der Waals surface area contributed by atoms with Gasteiger partial charge in [0.1, 0.15) is 5.82 Å². The van der Waals surface area contributed by atoms with Crippen LogP contribution in [0.1, 0.15) is 31.4 Å². The highest BCUT2D eigenvalue weighted by Gasteiger charge is 2.34. The highest BCUT2D eigenvalue weighted by atomic mass is 19.1. The van der Waals surface area contributed by atoms with E-state index in [1.165, 1.54) is 24.1 Å². The van der Waals surface area contributed by atoms with E-state index in [2.05, 4.69) is 10.2 Å². The van der Waals surface area contributed by atoms with Crippen molar-refractivity contribution in [2.45, 2.75) is 38.0 Å². The molecular weight excluding hydrogens is 439 g/mol. The van der Waals surface area contributed by atoms with Crippen LogP contribution in [-0.4, -0.2) is 65.8 Å². The molecule has 9 heteroatoms. The minimum Gasteiger partial charge on any atom is -0.397 e. The number of carbonyl (C=O) groups excluding carboxylic acids is 2. The summed E-state index contributed by atoms with van der Waals surface area (Å²) in [4.78, 5) is 28.4. The Kier molecular flexibility index (Phi) is 8.46. The Morgan fingerprint density at radius 3 is 2.41 bits per heavy atom. The first-order chi connectivity index (χ1) is 16.2. The molecular formula is C25H33FN4O4. The van der Waals surface area contributed by atoms with E-state index in [9.17, 15) is 24.2 Å². The Morgan fingerprint density at radius 1 is 1.15 bits per heavy atom. The van der Waals surface area contributed by atoms with Gasteiger partial charge in [-0.25, -0.2) is 4.39 Å². The summed E-state index contributed by atoms with van der Waals surface area (Å²) in [6, 6.07) is 13.3. The number of amides is 2. The molecule has 1 aliphatic heterocycles. The number of hydrogen-bond acceptors (Lipinski definition) is 6. The van der Waals surface area contributed by atoms with Crippen molar-refractivity contribution < 1.29 is 24.2 Å². The fourth-order valence-electron chi connectivity index (χ4n) is 4.17. The molecule has 0 aliphatic carbocycles. The molecule has 1 aliphatic rings. The van der Waals surface area contributed by atoms with Gasteiger partial charge >= 0.3 is 0 Å². The fraction of sp³-hybridized carbons (Fsp3) is 0.440. The lowest BCUT2D eigenvalue weighted by molar-refractivity contribution is -0.153. The molecule has 1 heterocycles. The number of halogens is 1. The van der Waals surface area contributed by atoms with Gasteiger partial charge in [-0.3, -0.25) is 9.59 Å². The highest BCUT2D eigenvalue weighted by Crippen LogP contribution is 2.28. The molecule has 1 fully saturated rings. The molecule has 3 atom stereocenters. The maximum absolute atomic E-state index is 13.3. The van der Waals surface area contributed by atoms with Crippen molar-refractivity contribution >= 4 is 23.2 Å². The predicted octanol–water partition coefficient (Wildman–Crippen LogP) is 1.68. The third-order valence-corrected chi connectivity index (χ3v) is 6.54. The van der Waals surface area contributed by atoms with E-state index in [1.807, 2.05) is 30.3 Å². The monoisotopic (exact) mass is 472 g/mol. The second-order valence-electron chi connectivity index (χ2n) is 8.80. The van der Waals surface area contributed by atoms with Crippen molar-refractivity contribution in [2.24, 2.45) is 5.92 Å². The highest BCUT2D eigenvalue weighted by molar-refractivity contribution is 5.90. The first-order valence-corrected chi connectivity index (χ1v) is 11.4. The van der Waals surface area contributed by atoms with Crippen molar-refractivity contribution in [3.05, 3.63) is 59.9 Å². The standard InChI is InChI=1S/C25H33FN4O4/c1-16(18-6-4-3-5-7-18)29(2)25(34)23(32)22(31)24(33)28-15-17-10-12-30(13-11-17)21-9-8-19(26)14-20(21)27/h3-9,14,16-17,22-23,31-32H,10-13,15,27H2,1-2H3,(H,28,33)/t16-,22-,23-/m1/s1. The molecule has 34 heavy (non-hydrogen) atoms. The number of carbonyl (C=O) groups is 2. The van der Waals surface area contributed by atoms with Crippen molar-refractivity contribution in [1.29, 1.82) is 0 Å². The molecule has 0 radical (unpaired) electrons. The van der Waals surface area contributed by atoms with Crippen LogP contribution >= 0.6 is 0 Å². The van der Waals surface area contributed by atoms with Gasteiger partial charge in [-0.1, -0.05) is 30.3 Å². The van der Waals surface area contributed by atoms with Crippen LogP contribution in [0, 0.1) is 11.7 Å². The summed E-state index contributed by atoms with van der Waals surface area (Å²) in [6.07, 6.45) is -2.19. The van der Waals surface area contributed by atoms with Crippen LogP contribution in [0.2, 0.25) is 0 Å². The predicted molar refractivity (Wildman–Crippen MR) is 128 cm³/mol. The Labute approximate surface area is 199 Å². The Morgan fingerprint density at radius 2 is 1.79 bits per heavy atom. The van der Waals surface area contributed by atoms with E-state index in [0.29, 0.717) is 25.3 Å². The van der Waals surface area contributed by atoms with E-state index in [1.54, 1.807) is 13.0 Å². The number of nitrogens with zero attached hydrogens (tertiary/aromatic N) is 2. The zero-order valence-electron chi connectivity index (χ0n) is 19.5. The van der Waals surface area contributed by atoms with Crippen LogP contribution < -0.4 is 16.0 Å². The number of likely N-dealkylation sites (N-methyl/N-ethyl adjacent to an activating group) is 1. The molecule has 1 saturated heterocycles. The summed E-state index contributed by atoms with van der Waals surface area (Å²) >= 11 is 0. The summed E-state index contributed by atoms with van der Waals surface area (Å²) in [5.41, 5.74) is 7.97. The summed E-state index contributed by atoms with van der Waals surface area (Å²) < 4.78 is 13.3. The van der Waals surface area contributed by atoms with Crippen LogP contribution in [0.4, 0.5) is 15.8 Å². The van der Waals surface area contributed by atoms with E-state index < -0.39 is 24.0 Å². The number of nitrogens with one attached hydrogen (secondary N) is 1. The van der Waals surface area contributed by atoms with Gasteiger partial charge in [0.25, 0.3) is 11.8 Å². The van der Waals surface area contributed by atoms with E-state index in [4.69, 9.17) is 5.73 Å². The van der Waals surface area contributed by atoms with E-state index in [0.717, 1.165) is 24.1 Å². The van der Waals surface area contributed by atoms with Crippen LogP contribution in [0.25, 0.3) is 0 Å². The van der Waals surface area contributed by atoms with Gasteiger partial charge < -0.3 is 31.1 Å².